The van der Waals surface area contributed by atoms with Crippen LogP contribution in [0.25, 0.3) is 0 Å². The topological polar surface area (TPSA) is 113 Å². The Hall–Kier alpha value is -3.70. The smallest absolute Gasteiger partial charge is 0.337 e. The summed E-state index contributed by atoms with van der Waals surface area (Å²) in [6.07, 6.45) is 1.42. The van der Waals surface area contributed by atoms with E-state index in [0.29, 0.717) is 33.3 Å². The van der Waals surface area contributed by atoms with Crippen LogP contribution in [0.15, 0.2) is 48.7 Å². The SMILES string of the molecule is COC(=O)c1ccc(Cl)c(Nc2cnnc(Nc3ccc(C#N)cc3)n2)c1. The van der Waals surface area contributed by atoms with E-state index in [4.69, 9.17) is 21.6 Å². The summed E-state index contributed by atoms with van der Waals surface area (Å²) in [6, 6.07) is 13.6. The number of halogens is 1. The fourth-order valence-corrected chi connectivity index (χ4v) is 2.34. The third-order valence-corrected chi connectivity index (χ3v) is 3.81. The Morgan fingerprint density at radius 2 is 1.96 bits per heavy atom. The summed E-state index contributed by atoms with van der Waals surface area (Å²) in [6.45, 7) is 0. The molecule has 134 valence electrons. The number of aromatic nitrogens is 3. The number of ether oxygens (including phenoxy) is 1. The van der Waals surface area contributed by atoms with E-state index in [-0.39, 0.29) is 5.95 Å². The predicted molar refractivity (Wildman–Crippen MR) is 100 cm³/mol. The third kappa shape index (κ3) is 4.48. The Kier molecular flexibility index (Phi) is 5.44. The summed E-state index contributed by atoms with van der Waals surface area (Å²) in [5.74, 6) is 0.161. The van der Waals surface area contributed by atoms with Gasteiger partial charge in [-0.15, -0.1) is 5.10 Å². The molecule has 0 spiro atoms. The van der Waals surface area contributed by atoms with Gasteiger partial charge in [0.15, 0.2) is 5.82 Å². The lowest BCUT2D eigenvalue weighted by Crippen LogP contribution is -2.04. The Morgan fingerprint density at radius 3 is 2.67 bits per heavy atom. The van der Waals surface area contributed by atoms with Gasteiger partial charge in [0.05, 0.1) is 41.2 Å². The average Bonchev–Trinajstić information content (AvgIpc) is 2.70. The fourth-order valence-electron chi connectivity index (χ4n) is 2.18. The number of nitriles is 1. The standard InChI is InChI=1S/C18H13ClN6O2/c1-27-17(26)12-4-7-14(19)15(8-12)23-16-10-21-25-18(24-16)22-13-5-2-11(9-20)3-6-13/h2-8,10H,1H3,(H2,22,23,24,25). The van der Waals surface area contributed by atoms with Crippen LogP contribution in [0, 0.1) is 11.3 Å². The molecule has 9 heteroatoms. The van der Waals surface area contributed by atoms with Crippen molar-refractivity contribution in [2.45, 2.75) is 0 Å². The molecule has 0 atom stereocenters. The van der Waals surface area contributed by atoms with Gasteiger partial charge in [-0.25, -0.2) is 4.79 Å². The first-order chi connectivity index (χ1) is 13.1. The number of esters is 1. The molecule has 0 radical (unpaired) electrons. The van der Waals surface area contributed by atoms with Gasteiger partial charge in [-0.3, -0.25) is 0 Å². The largest absolute Gasteiger partial charge is 0.465 e. The molecule has 0 aliphatic heterocycles. The highest BCUT2D eigenvalue weighted by molar-refractivity contribution is 6.33. The zero-order valence-electron chi connectivity index (χ0n) is 14.1. The Bertz CT molecular complexity index is 1020. The number of benzene rings is 2. The van der Waals surface area contributed by atoms with E-state index >= 15 is 0 Å². The van der Waals surface area contributed by atoms with E-state index < -0.39 is 5.97 Å². The van der Waals surface area contributed by atoms with Gasteiger partial charge in [-0.2, -0.15) is 15.3 Å². The number of carbonyl (C=O) groups excluding carboxylic acids is 1. The molecule has 0 aliphatic carbocycles. The van der Waals surface area contributed by atoms with Gasteiger partial charge in [0.25, 0.3) is 0 Å². The lowest BCUT2D eigenvalue weighted by Gasteiger charge is -2.10. The maximum atomic E-state index is 11.7. The van der Waals surface area contributed by atoms with Crippen LogP contribution in [0.5, 0.6) is 0 Å². The molecule has 0 amide bonds. The van der Waals surface area contributed by atoms with Crippen LogP contribution in [-0.4, -0.2) is 28.3 Å². The first kappa shape index (κ1) is 18.1. The molecule has 0 bridgehead atoms. The van der Waals surface area contributed by atoms with Crippen molar-refractivity contribution in [2.75, 3.05) is 17.7 Å². The summed E-state index contributed by atoms with van der Waals surface area (Å²) >= 11 is 6.17. The lowest BCUT2D eigenvalue weighted by molar-refractivity contribution is 0.0601. The zero-order valence-corrected chi connectivity index (χ0v) is 14.9. The molecule has 0 aliphatic rings. The maximum Gasteiger partial charge on any atom is 0.337 e. The molecule has 1 aromatic heterocycles. The molecule has 8 nitrogen and oxygen atoms in total. The number of rotatable bonds is 5. The maximum absolute atomic E-state index is 11.7. The molecule has 2 aromatic carbocycles. The Morgan fingerprint density at radius 1 is 1.19 bits per heavy atom. The van der Waals surface area contributed by atoms with E-state index in [0.717, 1.165) is 0 Å². The van der Waals surface area contributed by atoms with Gasteiger partial charge in [0, 0.05) is 5.69 Å². The number of carbonyl (C=O) groups is 1. The summed E-state index contributed by atoms with van der Waals surface area (Å²) in [7, 11) is 1.31. The molecule has 0 fully saturated rings. The molecular formula is C18H13ClN6O2. The summed E-state index contributed by atoms with van der Waals surface area (Å²) in [4.78, 5) is 16.0. The van der Waals surface area contributed by atoms with Crippen LogP contribution < -0.4 is 10.6 Å². The van der Waals surface area contributed by atoms with Crippen LogP contribution in [0.4, 0.5) is 23.1 Å². The number of hydrogen-bond acceptors (Lipinski definition) is 8. The van der Waals surface area contributed by atoms with Gasteiger partial charge in [0.1, 0.15) is 0 Å². The van der Waals surface area contributed by atoms with E-state index in [2.05, 4.69) is 25.8 Å². The van der Waals surface area contributed by atoms with Crippen LogP contribution in [0.3, 0.4) is 0 Å². The van der Waals surface area contributed by atoms with Crippen molar-refractivity contribution in [3.05, 3.63) is 64.8 Å². The first-order valence-corrected chi connectivity index (χ1v) is 8.08. The van der Waals surface area contributed by atoms with Gasteiger partial charge in [-0.1, -0.05) is 11.6 Å². The normalized spacial score (nSPS) is 9.96. The second kappa shape index (κ2) is 8.12. The molecule has 0 unspecified atom stereocenters. The van der Waals surface area contributed by atoms with Crippen molar-refractivity contribution in [1.29, 1.82) is 5.26 Å². The molecule has 0 saturated heterocycles. The Balaban J connectivity index is 1.79. The second-order valence-corrected chi connectivity index (χ2v) is 5.70. The third-order valence-electron chi connectivity index (χ3n) is 3.48. The van der Waals surface area contributed by atoms with E-state index in [9.17, 15) is 4.79 Å². The molecule has 1 heterocycles. The Labute approximate surface area is 159 Å². The van der Waals surface area contributed by atoms with E-state index in [1.165, 1.54) is 13.3 Å². The summed E-state index contributed by atoms with van der Waals surface area (Å²) < 4.78 is 4.71. The highest BCUT2D eigenvalue weighted by atomic mass is 35.5. The number of hydrogen-bond donors (Lipinski definition) is 2. The van der Waals surface area contributed by atoms with E-state index in [1.807, 2.05) is 6.07 Å². The van der Waals surface area contributed by atoms with Crippen LogP contribution in [0.2, 0.25) is 5.02 Å². The molecule has 0 saturated carbocycles. The highest BCUT2D eigenvalue weighted by Crippen LogP contribution is 2.26. The highest BCUT2D eigenvalue weighted by Gasteiger charge is 2.10. The lowest BCUT2D eigenvalue weighted by atomic mass is 10.2. The van der Waals surface area contributed by atoms with Crippen LogP contribution >= 0.6 is 11.6 Å². The van der Waals surface area contributed by atoms with Crippen molar-refractivity contribution in [3.63, 3.8) is 0 Å². The number of nitrogens with one attached hydrogen (secondary N) is 2. The van der Waals surface area contributed by atoms with Crippen molar-refractivity contribution in [2.24, 2.45) is 0 Å². The van der Waals surface area contributed by atoms with E-state index in [1.54, 1.807) is 42.5 Å². The predicted octanol–water partition coefficient (Wildman–Crippen LogP) is 3.67. The minimum absolute atomic E-state index is 0.255. The fraction of sp³-hybridized carbons (Fsp3) is 0.0556. The average molecular weight is 381 g/mol. The molecule has 3 rings (SSSR count). The molecule has 27 heavy (non-hydrogen) atoms. The minimum atomic E-state index is -0.473. The van der Waals surface area contributed by atoms with Crippen molar-refractivity contribution < 1.29 is 9.53 Å². The zero-order chi connectivity index (χ0) is 19.2. The minimum Gasteiger partial charge on any atom is -0.465 e. The molecule has 3 aromatic rings. The molecule has 2 N–H and O–H groups in total. The number of nitrogens with zero attached hydrogens (tertiary/aromatic N) is 4. The first-order valence-electron chi connectivity index (χ1n) is 7.71. The molecular weight excluding hydrogens is 368 g/mol. The van der Waals surface area contributed by atoms with Crippen molar-refractivity contribution >= 4 is 40.7 Å². The second-order valence-electron chi connectivity index (χ2n) is 5.29. The van der Waals surface area contributed by atoms with Crippen molar-refractivity contribution in [1.82, 2.24) is 15.2 Å². The number of methoxy groups -OCH3 is 1. The van der Waals surface area contributed by atoms with Gasteiger partial charge >= 0.3 is 5.97 Å². The summed E-state index contributed by atoms with van der Waals surface area (Å²) in [5.41, 5.74) is 2.08. The quantitative estimate of drug-likeness (QED) is 0.644. The van der Waals surface area contributed by atoms with Crippen molar-refractivity contribution in [3.8, 4) is 6.07 Å². The van der Waals surface area contributed by atoms with Gasteiger partial charge in [-0.05, 0) is 42.5 Å². The monoisotopic (exact) mass is 380 g/mol. The summed E-state index contributed by atoms with van der Waals surface area (Å²) in [5, 5.41) is 23.0. The van der Waals surface area contributed by atoms with Crippen LogP contribution in [-0.2, 0) is 4.74 Å². The van der Waals surface area contributed by atoms with Gasteiger partial charge in [0.2, 0.25) is 5.95 Å². The van der Waals surface area contributed by atoms with Crippen LogP contribution in [0.1, 0.15) is 15.9 Å². The number of anilines is 4. The van der Waals surface area contributed by atoms with Gasteiger partial charge < -0.3 is 15.4 Å².